The molecular weight excluding hydrogens is 951 g/mol. The number of nitrogens with two attached hydrogens (primary N) is 1. The highest BCUT2D eigenvalue weighted by molar-refractivity contribution is 8.08. The molecule has 2 aliphatic heterocycles. The number of carboxylic acid groups (broad SMARTS) is 1. The maximum atomic E-state index is 13.4. The Hall–Kier alpha value is -5.96. The lowest BCUT2D eigenvalue weighted by molar-refractivity contribution is -0.0522. The number of nitrogens with one attached hydrogen (secondary N) is 3. The van der Waals surface area contributed by atoms with E-state index in [1.165, 1.54) is 54.6 Å². The zero-order valence-electron chi connectivity index (χ0n) is 32.3. The summed E-state index contributed by atoms with van der Waals surface area (Å²) in [6, 6.07) is 11.7. The highest BCUT2D eigenvalue weighted by Crippen LogP contribution is 2.66. The number of carbonyl (C=O) groups is 3. The molecule has 344 valence electrons. The number of carboxylic acids is 1. The van der Waals surface area contributed by atoms with Crippen LogP contribution in [0.4, 0.5) is 10.7 Å². The van der Waals surface area contributed by atoms with Crippen molar-refractivity contribution in [2.24, 2.45) is 0 Å². The van der Waals surface area contributed by atoms with Gasteiger partial charge < -0.3 is 65.2 Å². The number of hydrogen-bond acceptors (Lipinski definition) is 19. The lowest BCUT2D eigenvalue weighted by Crippen LogP contribution is -2.41. The number of aliphatic hydroxyl groups excluding tert-OH is 1. The van der Waals surface area contributed by atoms with E-state index in [1.807, 2.05) is 0 Å². The van der Waals surface area contributed by atoms with Crippen LogP contribution in [0.25, 0.3) is 44.6 Å². The number of phenolic OH excluding ortho intramolecular Hbond substituents is 1. The monoisotopic (exact) mass is 983 g/mol. The Morgan fingerprint density at radius 1 is 0.954 bits per heavy atom. The van der Waals surface area contributed by atoms with Crippen LogP contribution in [0.15, 0.2) is 74.9 Å². The highest BCUT2D eigenvalue weighted by Gasteiger charge is 2.49. The van der Waals surface area contributed by atoms with Crippen molar-refractivity contribution in [2.75, 3.05) is 25.4 Å². The summed E-state index contributed by atoms with van der Waals surface area (Å²) < 4.78 is 54.9. The van der Waals surface area contributed by atoms with Crippen LogP contribution in [0.5, 0.6) is 5.75 Å². The van der Waals surface area contributed by atoms with Gasteiger partial charge >= 0.3 is 34.4 Å². The predicted molar refractivity (Wildman–Crippen MR) is 223 cm³/mol. The predicted octanol–water partition coefficient (Wildman–Crippen LogP) is 1.23. The summed E-state index contributed by atoms with van der Waals surface area (Å²) in [4.78, 5) is 112. The molecule has 2 unspecified atom stereocenters. The molecule has 4 heterocycles. The molecule has 31 heteroatoms. The molecular formula is C34H32N7O20P3S. The first-order chi connectivity index (χ1) is 30.5. The number of phenols is 1. The number of imidazole rings is 1. The van der Waals surface area contributed by atoms with Crippen LogP contribution in [0.2, 0.25) is 0 Å². The number of aromatic amines is 1. The Balaban J connectivity index is 1.06. The van der Waals surface area contributed by atoms with E-state index in [2.05, 4.69) is 50.5 Å². The second kappa shape index (κ2) is 18.1. The molecule has 4 aromatic rings. The minimum Gasteiger partial charge on any atom is -0.508 e. The summed E-state index contributed by atoms with van der Waals surface area (Å²) in [5.74, 6) is -2.54. The number of alkyl carbamates (subject to hydrolysis) is 1. The van der Waals surface area contributed by atoms with Gasteiger partial charge in [0.25, 0.3) is 11.5 Å². The number of fused-ring (bicyclic) bond motifs is 3. The molecule has 2 aromatic heterocycles. The van der Waals surface area contributed by atoms with E-state index in [0.29, 0.717) is 10.9 Å². The maximum absolute atomic E-state index is 13.4. The first-order valence-corrected chi connectivity index (χ1v) is 23.7. The third kappa shape index (κ3) is 10.6. The van der Waals surface area contributed by atoms with Crippen molar-refractivity contribution in [1.82, 2.24) is 30.2 Å². The van der Waals surface area contributed by atoms with E-state index >= 15 is 0 Å². The zero-order valence-corrected chi connectivity index (χ0v) is 35.8. The summed E-state index contributed by atoms with van der Waals surface area (Å²) in [5, 5.41) is 36.7. The number of nitrogen functional groups attached to an aromatic ring is 1. The van der Waals surface area contributed by atoms with Crippen LogP contribution in [-0.4, -0.2) is 110 Å². The number of H-pyrrole nitrogens is 1. The highest BCUT2D eigenvalue weighted by atomic mass is 32.5. The van der Waals surface area contributed by atoms with Crippen molar-refractivity contribution < 1.29 is 85.4 Å². The largest absolute Gasteiger partial charge is 0.508 e. The molecule has 3 aliphatic rings. The Morgan fingerprint density at radius 3 is 2.42 bits per heavy atom. The van der Waals surface area contributed by atoms with Crippen molar-refractivity contribution >= 4 is 80.2 Å². The molecule has 6 atom stereocenters. The molecule has 7 rings (SSSR count). The normalized spacial score (nSPS) is 19.5. The molecule has 1 aliphatic carbocycles. The lowest BCUT2D eigenvalue weighted by Gasteiger charge is -2.22. The van der Waals surface area contributed by atoms with Crippen LogP contribution in [0.3, 0.4) is 0 Å². The van der Waals surface area contributed by atoms with Gasteiger partial charge in [-0.3, -0.25) is 28.5 Å². The summed E-state index contributed by atoms with van der Waals surface area (Å²) in [6.07, 6.45) is -7.32. The molecule has 0 spiro atoms. The number of aromatic nitrogens is 4. The second-order valence-electron chi connectivity index (χ2n) is 13.7. The standard InChI is InChI=1S/C34H32N7O20P3S/c35-33-39-28-25(30(46)40-33)38-13-41(28)31-27(26(44)23(58-31)12-56-62(50,51)60-63(52,53)61-64(54,55)65)59-34(49)37-8-7-36-29(45)14-1-4-17(32(47)48)20(9-14)24-18-5-2-15(42)10-21(18)57-22-11-16(43)3-6-19(22)24/h1-6,9-11,13,23,26-27,31,42,44H,7-8,12H2,(H,36,45)(H,37,49)(H,47,48)(H,50,51)(H,52,53)(H2,54,55,65)(H3,35,39,40,46)/t23-,26-,27-,31-/m1/s1. The Labute approximate surface area is 365 Å². The van der Waals surface area contributed by atoms with Gasteiger partial charge in [-0.05, 0) is 59.8 Å². The Morgan fingerprint density at radius 2 is 1.69 bits per heavy atom. The van der Waals surface area contributed by atoms with Gasteiger partial charge in [0.1, 0.15) is 29.3 Å². The van der Waals surface area contributed by atoms with Crippen LogP contribution < -0.4 is 27.4 Å². The molecule has 12 N–H and O–H groups in total. The fraction of sp³-hybridized carbons (Fsp3) is 0.206. The van der Waals surface area contributed by atoms with E-state index in [9.17, 15) is 58.2 Å². The van der Waals surface area contributed by atoms with Gasteiger partial charge in [-0.25, -0.2) is 28.0 Å². The molecule has 27 nitrogen and oxygen atoms in total. The van der Waals surface area contributed by atoms with Gasteiger partial charge in [0.2, 0.25) is 5.95 Å². The average molecular weight is 984 g/mol. The Kier molecular flexibility index (Phi) is 13.1. The van der Waals surface area contributed by atoms with Gasteiger partial charge in [0, 0.05) is 47.3 Å². The average Bonchev–Trinajstić information content (AvgIpc) is 3.75. The summed E-state index contributed by atoms with van der Waals surface area (Å²) in [5.41, 5.74) is 4.53. The number of aromatic carboxylic acids is 1. The summed E-state index contributed by atoms with van der Waals surface area (Å²) >= 11 is 4.05. The van der Waals surface area contributed by atoms with Gasteiger partial charge in [0.05, 0.1) is 18.5 Å². The number of carbonyl (C=O) groups excluding carboxylic acids is 2. The number of phosphoric ester groups is 1. The quantitative estimate of drug-likeness (QED) is 0.0391. The zero-order chi connectivity index (χ0) is 47.2. The van der Waals surface area contributed by atoms with Gasteiger partial charge in [-0.2, -0.15) is 9.29 Å². The number of phosphoric acid groups is 2. The fourth-order valence-electron chi connectivity index (χ4n) is 6.64. The number of amides is 2. The van der Waals surface area contributed by atoms with E-state index in [1.54, 1.807) is 0 Å². The van der Waals surface area contributed by atoms with Gasteiger partial charge in [-0.15, -0.1) is 0 Å². The van der Waals surface area contributed by atoms with E-state index in [-0.39, 0.29) is 69.5 Å². The summed E-state index contributed by atoms with van der Waals surface area (Å²) in [7, 11) is -11.3. The first kappa shape index (κ1) is 47.0. The molecule has 2 aromatic carbocycles. The summed E-state index contributed by atoms with van der Waals surface area (Å²) in [6.45, 7) is -6.62. The number of anilines is 1. The lowest BCUT2D eigenvalue weighted by atomic mass is 9.89. The third-order valence-electron chi connectivity index (χ3n) is 9.24. The number of nitrogens with zero attached hydrogens (tertiary/aromatic N) is 3. The Bertz CT molecular complexity index is 3120. The van der Waals surface area contributed by atoms with E-state index < -0.39 is 82.5 Å². The molecule has 0 bridgehead atoms. The van der Waals surface area contributed by atoms with E-state index in [4.69, 9.17) is 29.4 Å². The van der Waals surface area contributed by atoms with Gasteiger partial charge in [0.15, 0.2) is 28.9 Å². The number of hydrogen-bond donors (Lipinski definition) is 11. The molecule has 65 heavy (non-hydrogen) atoms. The van der Waals surface area contributed by atoms with E-state index in [0.717, 1.165) is 10.9 Å². The minimum absolute atomic E-state index is 0.0271. The van der Waals surface area contributed by atoms with Crippen LogP contribution in [0, 0.1) is 0 Å². The van der Waals surface area contributed by atoms with Crippen molar-refractivity contribution in [1.29, 1.82) is 0 Å². The van der Waals surface area contributed by atoms with Gasteiger partial charge in [-0.1, -0.05) is 0 Å². The number of aliphatic hydroxyl groups is 1. The molecule has 2 amide bonds. The molecule has 1 fully saturated rings. The van der Waals surface area contributed by atoms with Crippen LogP contribution in [-0.2, 0) is 43.6 Å². The smallest absolute Gasteiger partial charge is 0.488 e. The second-order valence-corrected chi connectivity index (χ2v) is 19.5. The third-order valence-corrected chi connectivity index (χ3v) is 13.6. The molecule has 0 saturated carbocycles. The number of benzene rings is 3. The van der Waals surface area contributed by atoms with Crippen molar-refractivity contribution in [3.05, 3.63) is 92.6 Å². The first-order valence-electron chi connectivity index (χ1n) is 18.1. The number of ether oxygens (including phenoxy) is 2. The maximum Gasteiger partial charge on any atom is 0.488 e. The topological polar surface area (TPSA) is 417 Å². The minimum atomic E-state index is -5.71. The van der Waals surface area contributed by atoms with Crippen molar-refractivity contribution in [3.63, 3.8) is 0 Å². The SMILES string of the molecule is Nc1nc2c(ncn2[C@@H]2O[C@H](COP(=O)(O)OP(=O)(O)OP(O)(O)=S)[C@@H](O)[C@H]2OC(=O)NCCNC(=O)c2ccc(C(=O)O)c(-c3c4ccc(=O)cc-4oc4cc(O)ccc34)c2)c(=O)[nH]1. The van der Waals surface area contributed by atoms with Crippen molar-refractivity contribution in [3.8, 4) is 28.2 Å². The number of aromatic hydroxyl groups is 1. The van der Waals surface area contributed by atoms with Crippen molar-refractivity contribution in [2.45, 2.75) is 24.5 Å². The molecule has 0 radical (unpaired) electrons. The van der Waals surface area contributed by atoms with Crippen LogP contribution >= 0.6 is 22.4 Å². The number of rotatable bonds is 15. The van der Waals surface area contributed by atoms with Crippen LogP contribution in [0.1, 0.15) is 26.9 Å². The molecule has 1 saturated heterocycles. The fourth-order valence-corrected chi connectivity index (χ4v) is 10.4.